The number of nitrogens with one attached hydrogen (secondary N) is 2. The number of aromatic amines is 2. The predicted octanol–water partition coefficient (Wildman–Crippen LogP) is 4.97. The van der Waals surface area contributed by atoms with Gasteiger partial charge in [-0.25, -0.2) is 0 Å². The maximum absolute atomic E-state index is 3.29. The molecule has 3 aromatic rings. The first-order chi connectivity index (χ1) is 9.54. The Morgan fingerprint density at radius 2 is 1.25 bits per heavy atom. The average molecular weight is 264 g/mol. The third-order valence-electron chi connectivity index (χ3n) is 3.62. The topological polar surface area (TPSA) is 31.6 Å². The van der Waals surface area contributed by atoms with Crippen LogP contribution in [0.25, 0.3) is 22.5 Å². The molecule has 2 heteroatoms. The van der Waals surface area contributed by atoms with Crippen molar-refractivity contribution in [3.8, 4) is 22.5 Å². The van der Waals surface area contributed by atoms with Gasteiger partial charge in [0.1, 0.15) is 0 Å². The van der Waals surface area contributed by atoms with Crippen LogP contribution in [0.5, 0.6) is 0 Å². The Morgan fingerprint density at radius 1 is 0.750 bits per heavy atom. The molecule has 0 aliphatic carbocycles. The molecule has 0 spiro atoms. The number of hydrogen-bond donors (Lipinski definition) is 2. The van der Waals surface area contributed by atoms with Crippen LogP contribution in [0.15, 0.2) is 54.9 Å². The molecule has 0 aliphatic rings. The summed E-state index contributed by atoms with van der Waals surface area (Å²) in [6.07, 6.45) is 3.93. The molecule has 0 aliphatic heterocycles. The molecule has 0 unspecified atom stereocenters. The summed E-state index contributed by atoms with van der Waals surface area (Å²) in [5, 5.41) is 0. The Kier molecular flexibility index (Phi) is 3.01. The van der Waals surface area contributed by atoms with E-state index in [9.17, 15) is 0 Å². The molecule has 0 fully saturated rings. The van der Waals surface area contributed by atoms with E-state index in [4.69, 9.17) is 0 Å². The highest BCUT2D eigenvalue weighted by Crippen LogP contribution is 2.32. The van der Waals surface area contributed by atoms with Crippen LogP contribution in [0.2, 0.25) is 0 Å². The fourth-order valence-corrected chi connectivity index (χ4v) is 2.39. The van der Waals surface area contributed by atoms with E-state index in [1.54, 1.807) is 0 Å². The van der Waals surface area contributed by atoms with Gasteiger partial charge in [-0.3, -0.25) is 0 Å². The van der Waals surface area contributed by atoms with Gasteiger partial charge in [0.05, 0.1) is 0 Å². The normalized spacial score (nSPS) is 11.8. The van der Waals surface area contributed by atoms with Crippen molar-refractivity contribution >= 4 is 0 Å². The zero-order chi connectivity index (χ0) is 14.2. The van der Waals surface area contributed by atoms with E-state index in [-0.39, 0.29) is 5.41 Å². The van der Waals surface area contributed by atoms with Gasteiger partial charge in [-0.1, -0.05) is 20.8 Å². The second-order valence-corrected chi connectivity index (χ2v) is 6.22. The molecule has 3 rings (SSSR count). The summed E-state index contributed by atoms with van der Waals surface area (Å²) in [7, 11) is 0. The minimum atomic E-state index is 0.129. The number of rotatable bonds is 2. The minimum Gasteiger partial charge on any atom is -0.361 e. The molecule has 0 amide bonds. The first kappa shape index (κ1) is 12.8. The van der Waals surface area contributed by atoms with Crippen LogP contribution >= 0.6 is 0 Å². The van der Waals surface area contributed by atoms with Gasteiger partial charge in [0.15, 0.2) is 0 Å². The summed E-state index contributed by atoms with van der Waals surface area (Å²) in [6, 6.07) is 15.1. The van der Waals surface area contributed by atoms with Crippen LogP contribution in [0, 0.1) is 0 Å². The van der Waals surface area contributed by atoms with Crippen molar-refractivity contribution in [2.24, 2.45) is 0 Å². The van der Waals surface area contributed by atoms with Gasteiger partial charge in [0, 0.05) is 23.8 Å². The fourth-order valence-electron chi connectivity index (χ4n) is 2.39. The molecule has 2 aromatic heterocycles. The summed E-state index contributed by atoms with van der Waals surface area (Å²) in [5.41, 5.74) is 6.24. The molecule has 0 atom stereocenters. The lowest BCUT2D eigenvalue weighted by Crippen LogP contribution is -2.11. The van der Waals surface area contributed by atoms with E-state index in [0.717, 1.165) is 11.4 Å². The van der Waals surface area contributed by atoms with Crippen LogP contribution < -0.4 is 0 Å². The number of aromatic nitrogens is 2. The Labute approximate surface area is 119 Å². The standard InChI is InChI=1S/C18H20N2/c1-18(2,3)15-11-13(16-6-4-8-19-16)10-14(12-15)17-7-5-9-20-17/h4-12,19-20H,1-3H3. The van der Waals surface area contributed by atoms with E-state index in [2.05, 4.69) is 61.1 Å². The lowest BCUT2D eigenvalue weighted by molar-refractivity contribution is 0.590. The van der Waals surface area contributed by atoms with Gasteiger partial charge in [0.25, 0.3) is 0 Å². The van der Waals surface area contributed by atoms with Gasteiger partial charge >= 0.3 is 0 Å². The second kappa shape index (κ2) is 4.71. The zero-order valence-electron chi connectivity index (χ0n) is 12.2. The lowest BCUT2D eigenvalue weighted by atomic mass is 9.84. The van der Waals surface area contributed by atoms with Crippen molar-refractivity contribution < 1.29 is 0 Å². The molecule has 102 valence electrons. The molecular weight excluding hydrogens is 244 g/mol. The maximum Gasteiger partial charge on any atom is 0.0454 e. The number of benzene rings is 1. The van der Waals surface area contributed by atoms with Crippen molar-refractivity contribution in [1.29, 1.82) is 0 Å². The van der Waals surface area contributed by atoms with Gasteiger partial charge in [0.2, 0.25) is 0 Å². The van der Waals surface area contributed by atoms with E-state index < -0.39 is 0 Å². The zero-order valence-corrected chi connectivity index (χ0v) is 12.2. The monoisotopic (exact) mass is 264 g/mol. The molecule has 0 bridgehead atoms. The predicted molar refractivity (Wildman–Crippen MR) is 84.7 cm³/mol. The third kappa shape index (κ3) is 2.42. The second-order valence-electron chi connectivity index (χ2n) is 6.22. The van der Waals surface area contributed by atoms with E-state index in [0.29, 0.717) is 0 Å². The summed E-state index contributed by atoms with van der Waals surface area (Å²) in [4.78, 5) is 6.59. The average Bonchev–Trinajstić information content (AvgIpc) is 3.10. The van der Waals surface area contributed by atoms with Gasteiger partial charge in [-0.05, 0) is 64.6 Å². The van der Waals surface area contributed by atoms with E-state index in [1.807, 2.05) is 24.5 Å². The molecule has 2 nitrogen and oxygen atoms in total. The smallest absolute Gasteiger partial charge is 0.0454 e. The minimum absolute atomic E-state index is 0.129. The Morgan fingerprint density at radius 3 is 1.60 bits per heavy atom. The Bertz CT molecular complexity index is 631. The maximum atomic E-state index is 3.29. The largest absolute Gasteiger partial charge is 0.361 e. The Hall–Kier alpha value is -2.22. The highest BCUT2D eigenvalue weighted by molar-refractivity contribution is 5.71. The van der Waals surface area contributed by atoms with Crippen molar-refractivity contribution in [1.82, 2.24) is 9.97 Å². The lowest BCUT2D eigenvalue weighted by Gasteiger charge is -2.21. The van der Waals surface area contributed by atoms with Gasteiger partial charge in [-0.15, -0.1) is 0 Å². The summed E-state index contributed by atoms with van der Waals surface area (Å²) < 4.78 is 0. The molecule has 20 heavy (non-hydrogen) atoms. The fraction of sp³-hybridized carbons (Fsp3) is 0.222. The molecular formula is C18H20N2. The molecule has 1 aromatic carbocycles. The van der Waals surface area contributed by atoms with Crippen molar-refractivity contribution in [2.45, 2.75) is 26.2 Å². The highest BCUT2D eigenvalue weighted by atomic mass is 14.7. The molecule has 2 N–H and O–H groups in total. The highest BCUT2D eigenvalue weighted by Gasteiger charge is 2.16. The van der Waals surface area contributed by atoms with Crippen LogP contribution in [0.1, 0.15) is 26.3 Å². The molecule has 0 radical (unpaired) electrons. The summed E-state index contributed by atoms with van der Waals surface area (Å²) in [5.74, 6) is 0. The first-order valence-electron chi connectivity index (χ1n) is 6.97. The van der Waals surface area contributed by atoms with Crippen LogP contribution in [-0.2, 0) is 5.41 Å². The molecule has 2 heterocycles. The van der Waals surface area contributed by atoms with Gasteiger partial charge in [-0.2, -0.15) is 0 Å². The van der Waals surface area contributed by atoms with Gasteiger partial charge < -0.3 is 9.97 Å². The van der Waals surface area contributed by atoms with Crippen LogP contribution in [0.3, 0.4) is 0 Å². The summed E-state index contributed by atoms with van der Waals surface area (Å²) in [6.45, 7) is 6.75. The number of H-pyrrole nitrogens is 2. The Balaban J connectivity index is 2.19. The van der Waals surface area contributed by atoms with E-state index >= 15 is 0 Å². The first-order valence-corrected chi connectivity index (χ1v) is 6.97. The van der Waals surface area contributed by atoms with Crippen molar-refractivity contribution in [3.63, 3.8) is 0 Å². The quantitative estimate of drug-likeness (QED) is 0.654. The summed E-state index contributed by atoms with van der Waals surface area (Å²) >= 11 is 0. The SMILES string of the molecule is CC(C)(C)c1cc(-c2ccc[nH]2)cc(-c2ccc[nH]2)c1. The molecule has 0 saturated heterocycles. The third-order valence-corrected chi connectivity index (χ3v) is 3.62. The van der Waals surface area contributed by atoms with Crippen molar-refractivity contribution in [2.75, 3.05) is 0 Å². The van der Waals surface area contributed by atoms with Crippen LogP contribution in [0.4, 0.5) is 0 Å². The number of hydrogen-bond acceptors (Lipinski definition) is 0. The van der Waals surface area contributed by atoms with E-state index in [1.165, 1.54) is 16.7 Å². The van der Waals surface area contributed by atoms with Crippen molar-refractivity contribution in [3.05, 3.63) is 60.4 Å². The van der Waals surface area contributed by atoms with Crippen LogP contribution in [-0.4, -0.2) is 9.97 Å². The molecule has 0 saturated carbocycles.